The van der Waals surface area contributed by atoms with Crippen molar-refractivity contribution in [3.05, 3.63) is 30.1 Å². The van der Waals surface area contributed by atoms with E-state index in [1.54, 1.807) is 12.1 Å². The Balaban J connectivity index is 1.54. The average molecular weight is 293 g/mol. The van der Waals surface area contributed by atoms with Gasteiger partial charge in [-0.05, 0) is 48.9 Å². The van der Waals surface area contributed by atoms with Crippen LogP contribution in [0, 0.1) is 17.7 Å². The smallest absolute Gasteiger partial charge is 0.321 e. The molecule has 1 aromatic rings. The number of fused-ring (bicyclic) bond motifs is 1. The second-order valence-corrected chi connectivity index (χ2v) is 5.94. The number of carboxylic acids is 1. The molecule has 21 heavy (non-hydrogen) atoms. The summed E-state index contributed by atoms with van der Waals surface area (Å²) >= 11 is 0. The molecule has 1 aliphatic carbocycles. The third kappa shape index (κ3) is 3.02. The molecule has 0 amide bonds. The maximum absolute atomic E-state index is 12.8. The number of rotatable bonds is 5. The van der Waals surface area contributed by atoms with E-state index in [-0.39, 0.29) is 11.9 Å². The average Bonchev–Trinajstić information content (AvgIpc) is 3.00. The molecule has 4 nitrogen and oxygen atoms in total. The van der Waals surface area contributed by atoms with Crippen molar-refractivity contribution < 1.29 is 19.0 Å². The largest absolute Gasteiger partial charge is 0.492 e. The van der Waals surface area contributed by atoms with E-state index in [0.717, 1.165) is 25.8 Å². The van der Waals surface area contributed by atoms with Crippen LogP contribution in [-0.2, 0) is 4.79 Å². The van der Waals surface area contributed by atoms with Crippen LogP contribution in [-0.4, -0.2) is 41.7 Å². The predicted octanol–water partition coefficient (Wildman–Crippen LogP) is 2.39. The van der Waals surface area contributed by atoms with Gasteiger partial charge in [0.2, 0.25) is 0 Å². The molecule has 5 heteroatoms. The van der Waals surface area contributed by atoms with Crippen LogP contribution in [0.15, 0.2) is 24.3 Å². The summed E-state index contributed by atoms with van der Waals surface area (Å²) in [6, 6.07) is 5.52. The van der Waals surface area contributed by atoms with Crippen molar-refractivity contribution in [3.63, 3.8) is 0 Å². The zero-order valence-electron chi connectivity index (χ0n) is 11.9. The van der Waals surface area contributed by atoms with E-state index in [1.165, 1.54) is 12.1 Å². The van der Waals surface area contributed by atoms with Gasteiger partial charge in [-0.1, -0.05) is 6.42 Å². The number of nitrogens with zero attached hydrogens (tertiary/aromatic N) is 1. The molecule has 1 N–H and O–H groups in total. The number of halogens is 1. The van der Waals surface area contributed by atoms with Crippen LogP contribution in [0.3, 0.4) is 0 Å². The van der Waals surface area contributed by atoms with Gasteiger partial charge in [0.05, 0.1) is 0 Å². The van der Waals surface area contributed by atoms with E-state index >= 15 is 0 Å². The van der Waals surface area contributed by atoms with Crippen LogP contribution in [0.25, 0.3) is 0 Å². The Morgan fingerprint density at radius 3 is 2.81 bits per heavy atom. The van der Waals surface area contributed by atoms with Gasteiger partial charge in [-0.2, -0.15) is 0 Å². The summed E-state index contributed by atoms with van der Waals surface area (Å²) in [7, 11) is 0. The second kappa shape index (κ2) is 6.02. The lowest BCUT2D eigenvalue weighted by Crippen LogP contribution is -2.41. The monoisotopic (exact) mass is 293 g/mol. The lowest BCUT2D eigenvalue weighted by molar-refractivity contribution is -0.143. The van der Waals surface area contributed by atoms with Crippen LogP contribution in [0.4, 0.5) is 4.39 Å². The fourth-order valence-corrected chi connectivity index (χ4v) is 3.77. The molecule has 3 atom stereocenters. The Bertz CT molecular complexity index is 505. The van der Waals surface area contributed by atoms with Gasteiger partial charge in [-0.3, -0.25) is 9.69 Å². The molecule has 2 fully saturated rings. The Labute approximate surface area is 123 Å². The first-order chi connectivity index (χ1) is 10.1. The summed E-state index contributed by atoms with van der Waals surface area (Å²) in [6.45, 7) is 1.88. The highest BCUT2D eigenvalue weighted by molar-refractivity contribution is 5.74. The maximum Gasteiger partial charge on any atom is 0.321 e. The van der Waals surface area contributed by atoms with Crippen molar-refractivity contribution in [1.82, 2.24) is 4.90 Å². The minimum Gasteiger partial charge on any atom is -0.492 e. The van der Waals surface area contributed by atoms with Crippen molar-refractivity contribution in [3.8, 4) is 5.75 Å². The van der Waals surface area contributed by atoms with Gasteiger partial charge >= 0.3 is 5.97 Å². The van der Waals surface area contributed by atoms with Gasteiger partial charge < -0.3 is 9.84 Å². The van der Waals surface area contributed by atoms with E-state index in [0.29, 0.717) is 30.7 Å². The molecule has 3 rings (SSSR count). The zero-order chi connectivity index (χ0) is 14.8. The first kappa shape index (κ1) is 14.3. The van der Waals surface area contributed by atoms with Crippen LogP contribution >= 0.6 is 0 Å². The summed E-state index contributed by atoms with van der Waals surface area (Å²) in [5, 5.41) is 9.45. The molecular weight excluding hydrogens is 273 g/mol. The number of benzene rings is 1. The van der Waals surface area contributed by atoms with Gasteiger partial charge in [-0.25, -0.2) is 4.39 Å². The molecule has 0 spiro atoms. The molecule has 1 aromatic carbocycles. The molecule has 1 saturated carbocycles. The Morgan fingerprint density at radius 1 is 1.33 bits per heavy atom. The molecule has 1 saturated heterocycles. The summed E-state index contributed by atoms with van der Waals surface area (Å²) in [5.74, 6) is 0.430. The molecule has 1 aliphatic heterocycles. The Hall–Kier alpha value is -1.62. The number of carboxylic acid groups (broad SMARTS) is 1. The van der Waals surface area contributed by atoms with Gasteiger partial charge in [0.25, 0.3) is 0 Å². The number of hydrogen-bond acceptors (Lipinski definition) is 3. The van der Waals surface area contributed by atoms with Gasteiger partial charge in [0.1, 0.15) is 24.2 Å². The maximum atomic E-state index is 12.8. The normalized spacial score (nSPS) is 28.5. The zero-order valence-corrected chi connectivity index (χ0v) is 11.9. The molecule has 2 aliphatic rings. The molecule has 114 valence electrons. The first-order valence-electron chi connectivity index (χ1n) is 7.50. The highest BCUT2D eigenvalue weighted by atomic mass is 19.1. The van der Waals surface area contributed by atoms with Gasteiger partial charge in [0, 0.05) is 13.1 Å². The molecule has 0 aromatic heterocycles. The van der Waals surface area contributed by atoms with E-state index < -0.39 is 5.97 Å². The Kier molecular flexibility index (Phi) is 4.10. The van der Waals surface area contributed by atoms with Crippen LogP contribution in [0.2, 0.25) is 0 Å². The Morgan fingerprint density at radius 2 is 2.10 bits per heavy atom. The minimum atomic E-state index is -0.716. The summed E-state index contributed by atoms with van der Waals surface area (Å²) in [6.07, 6.45) is 3.32. The van der Waals surface area contributed by atoms with E-state index in [1.807, 2.05) is 4.90 Å². The lowest BCUT2D eigenvalue weighted by Gasteiger charge is -2.24. The van der Waals surface area contributed by atoms with Gasteiger partial charge in [-0.15, -0.1) is 0 Å². The van der Waals surface area contributed by atoms with E-state index in [9.17, 15) is 14.3 Å². The van der Waals surface area contributed by atoms with Crippen molar-refractivity contribution >= 4 is 5.97 Å². The summed E-state index contributed by atoms with van der Waals surface area (Å²) < 4.78 is 18.4. The molecule has 0 bridgehead atoms. The number of aliphatic carboxylic acids is 1. The standard InChI is InChI=1S/C16H20FNO3/c17-12-4-6-13(7-5-12)21-9-8-18-10-11-2-1-3-14(11)15(18)16(19)20/h4-7,11,14-15H,1-3,8-10H2,(H,19,20). The highest BCUT2D eigenvalue weighted by Gasteiger charge is 2.47. The summed E-state index contributed by atoms with van der Waals surface area (Å²) in [5.41, 5.74) is 0. The van der Waals surface area contributed by atoms with Crippen molar-refractivity contribution in [1.29, 1.82) is 0 Å². The van der Waals surface area contributed by atoms with E-state index in [2.05, 4.69) is 0 Å². The number of likely N-dealkylation sites (tertiary alicyclic amines) is 1. The molecular formula is C16H20FNO3. The number of ether oxygens (including phenoxy) is 1. The second-order valence-electron chi connectivity index (χ2n) is 5.94. The van der Waals surface area contributed by atoms with E-state index in [4.69, 9.17) is 4.74 Å². The third-order valence-corrected chi connectivity index (χ3v) is 4.70. The third-order valence-electron chi connectivity index (χ3n) is 4.70. The number of hydrogen-bond donors (Lipinski definition) is 1. The molecule has 1 heterocycles. The van der Waals surface area contributed by atoms with Crippen LogP contribution < -0.4 is 4.74 Å². The fourth-order valence-electron chi connectivity index (χ4n) is 3.77. The SMILES string of the molecule is O=C(O)C1C2CCCC2CN1CCOc1ccc(F)cc1. The van der Waals surface area contributed by atoms with Crippen LogP contribution in [0.1, 0.15) is 19.3 Å². The topological polar surface area (TPSA) is 49.8 Å². The first-order valence-corrected chi connectivity index (χ1v) is 7.50. The molecule has 3 unspecified atom stereocenters. The summed E-state index contributed by atoms with van der Waals surface area (Å²) in [4.78, 5) is 13.5. The minimum absolute atomic E-state index is 0.291. The van der Waals surface area contributed by atoms with Crippen molar-refractivity contribution in [2.75, 3.05) is 19.7 Å². The van der Waals surface area contributed by atoms with Crippen LogP contribution in [0.5, 0.6) is 5.75 Å². The van der Waals surface area contributed by atoms with Crippen molar-refractivity contribution in [2.45, 2.75) is 25.3 Å². The lowest BCUT2D eigenvalue weighted by atomic mass is 9.94. The number of carbonyl (C=O) groups is 1. The van der Waals surface area contributed by atoms with Gasteiger partial charge in [0.15, 0.2) is 0 Å². The quantitative estimate of drug-likeness (QED) is 0.905. The predicted molar refractivity (Wildman–Crippen MR) is 75.7 cm³/mol. The fraction of sp³-hybridized carbons (Fsp3) is 0.562. The molecule has 0 radical (unpaired) electrons. The van der Waals surface area contributed by atoms with Crippen molar-refractivity contribution in [2.24, 2.45) is 11.8 Å². The highest BCUT2D eigenvalue weighted by Crippen LogP contribution is 2.42.